The molecule has 2 atom stereocenters. The molecular weight excluding hydrogens is 307 g/mol. The summed E-state index contributed by atoms with van der Waals surface area (Å²) in [5.41, 5.74) is 0.432. The molecule has 2 rings (SSSR count). The summed E-state index contributed by atoms with van der Waals surface area (Å²) in [6.07, 6.45) is 2.05. The number of carbonyl (C=O) groups excluding carboxylic acids is 1. The molecule has 6 heteroatoms. The van der Waals surface area contributed by atoms with E-state index in [0.717, 1.165) is 19.4 Å². The zero-order valence-corrected chi connectivity index (χ0v) is 12.9. The van der Waals surface area contributed by atoms with Gasteiger partial charge in [-0.2, -0.15) is 0 Å². The van der Waals surface area contributed by atoms with Gasteiger partial charge in [0.1, 0.15) is 0 Å². The Labute approximate surface area is 129 Å². The average molecular weight is 324 g/mol. The van der Waals surface area contributed by atoms with E-state index in [4.69, 9.17) is 23.2 Å². The normalized spacial score (nSPS) is 22.5. The lowest BCUT2D eigenvalue weighted by Crippen LogP contribution is -2.51. The van der Waals surface area contributed by atoms with Crippen LogP contribution in [-0.4, -0.2) is 24.5 Å². The number of benzene rings is 1. The fourth-order valence-corrected chi connectivity index (χ4v) is 2.55. The maximum absolute atomic E-state index is 12.1. The third kappa shape index (κ3) is 3.99. The van der Waals surface area contributed by atoms with E-state index in [1.165, 1.54) is 0 Å². The summed E-state index contributed by atoms with van der Waals surface area (Å²) in [6.45, 7) is 3.08. The van der Waals surface area contributed by atoms with Crippen molar-refractivity contribution in [2.75, 3.05) is 6.54 Å². The molecule has 106 valence electrons. The number of nitrogens with one attached hydrogen (secondary N) is 2. The van der Waals surface area contributed by atoms with Crippen LogP contribution in [0.15, 0.2) is 18.2 Å². The maximum atomic E-state index is 12.1. The van der Waals surface area contributed by atoms with Crippen LogP contribution in [0.2, 0.25) is 10.0 Å². The third-order valence-corrected chi connectivity index (χ3v) is 4.09. The predicted octanol–water partition coefficient (Wildman–Crippen LogP) is 3.29. The molecule has 3 nitrogen and oxygen atoms in total. The molecule has 1 aromatic rings. The number of hydrogen-bond donors (Lipinski definition) is 2. The molecular formula is C13H17Cl3N2O. The van der Waals surface area contributed by atoms with E-state index in [9.17, 15) is 4.79 Å². The van der Waals surface area contributed by atoms with Gasteiger partial charge in [0.25, 0.3) is 5.91 Å². The first-order valence-corrected chi connectivity index (χ1v) is 6.83. The van der Waals surface area contributed by atoms with Crippen molar-refractivity contribution >= 4 is 41.5 Å². The van der Waals surface area contributed by atoms with Crippen molar-refractivity contribution in [3.8, 4) is 0 Å². The zero-order valence-electron chi connectivity index (χ0n) is 10.6. The summed E-state index contributed by atoms with van der Waals surface area (Å²) in [4.78, 5) is 12.1. The number of amides is 1. The Hall–Kier alpha value is -0.480. The number of carbonyl (C=O) groups is 1. The Morgan fingerprint density at radius 1 is 1.42 bits per heavy atom. The molecule has 0 saturated carbocycles. The highest BCUT2D eigenvalue weighted by molar-refractivity contribution is 6.43. The average Bonchev–Trinajstić information content (AvgIpc) is 2.35. The van der Waals surface area contributed by atoms with E-state index in [2.05, 4.69) is 17.6 Å². The van der Waals surface area contributed by atoms with Crippen molar-refractivity contribution < 1.29 is 4.79 Å². The van der Waals surface area contributed by atoms with E-state index in [1.54, 1.807) is 18.2 Å². The molecule has 0 radical (unpaired) electrons. The molecule has 1 heterocycles. The van der Waals surface area contributed by atoms with Crippen LogP contribution in [0.4, 0.5) is 0 Å². The van der Waals surface area contributed by atoms with Crippen molar-refractivity contribution in [3.05, 3.63) is 33.8 Å². The van der Waals surface area contributed by atoms with Crippen LogP contribution in [0.3, 0.4) is 0 Å². The molecule has 1 amide bonds. The summed E-state index contributed by atoms with van der Waals surface area (Å²) in [5.74, 6) is -0.164. The second kappa shape index (κ2) is 7.34. The van der Waals surface area contributed by atoms with Crippen LogP contribution in [0, 0.1) is 0 Å². The van der Waals surface area contributed by atoms with Crippen molar-refractivity contribution in [2.24, 2.45) is 0 Å². The standard InChI is InChI=1S/C13H16Cl2N2O.ClH/c1-8-11(6-3-7-16-8)17-13(18)9-4-2-5-10(14)12(9)15;/h2,4-5,8,11,16H,3,6-7H2,1H3,(H,17,18);1H. The smallest absolute Gasteiger partial charge is 0.253 e. The van der Waals surface area contributed by atoms with Gasteiger partial charge in [-0.15, -0.1) is 12.4 Å². The maximum Gasteiger partial charge on any atom is 0.253 e. The minimum absolute atomic E-state index is 0. The van der Waals surface area contributed by atoms with Crippen molar-refractivity contribution in [2.45, 2.75) is 31.8 Å². The van der Waals surface area contributed by atoms with Crippen LogP contribution in [-0.2, 0) is 0 Å². The van der Waals surface area contributed by atoms with Crippen LogP contribution < -0.4 is 10.6 Å². The molecule has 2 unspecified atom stereocenters. The fraction of sp³-hybridized carbons (Fsp3) is 0.462. The Bertz CT molecular complexity index is 454. The zero-order chi connectivity index (χ0) is 13.1. The second-order valence-electron chi connectivity index (χ2n) is 4.57. The van der Waals surface area contributed by atoms with Gasteiger partial charge in [-0.25, -0.2) is 0 Å². The highest BCUT2D eigenvalue weighted by Crippen LogP contribution is 2.25. The van der Waals surface area contributed by atoms with Gasteiger partial charge in [0.15, 0.2) is 0 Å². The van der Waals surface area contributed by atoms with Gasteiger partial charge in [0, 0.05) is 12.1 Å². The Morgan fingerprint density at radius 2 is 2.16 bits per heavy atom. The van der Waals surface area contributed by atoms with E-state index in [0.29, 0.717) is 15.6 Å². The van der Waals surface area contributed by atoms with E-state index >= 15 is 0 Å². The molecule has 1 fully saturated rings. The first kappa shape index (κ1) is 16.6. The molecule has 0 spiro atoms. The Morgan fingerprint density at radius 3 is 2.84 bits per heavy atom. The molecule has 0 aromatic heterocycles. The summed E-state index contributed by atoms with van der Waals surface area (Å²) in [5, 5.41) is 7.06. The minimum atomic E-state index is -0.164. The monoisotopic (exact) mass is 322 g/mol. The molecule has 0 bridgehead atoms. The SMILES string of the molecule is CC1NCCCC1NC(=O)c1cccc(Cl)c1Cl.Cl. The summed E-state index contributed by atoms with van der Waals surface area (Å²) < 4.78 is 0. The molecule has 1 aromatic carbocycles. The first-order chi connectivity index (χ1) is 8.59. The summed E-state index contributed by atoms with van der Waals surface area (Å²) >= 11 is 11.9. The molecule has 0 aliphatic carbocycles. The van der Waals surface area contributed by atoms with Crippen molar-refractivity contribution in [1.82, 2.24) is 10.6 Å². The summed E-state index contributed by atoms with van der Waals surface area (Å²) in [6, 6.07) is 5.50. The van der Waals surface area contributed by atoms with Crippen LogP contribution in [0.1, 0.15) is 30.1 Å². The van der Waals surface area contributed by atoms with E-state index < -0.39 is 0 Å². The van der Waals surface area contributed by atoms with Gasteiger partial charge >= 0.3 is 0 Å². The van der Waals surface area contributed by atoms with E-state index in [1.807, 2.05) is 0 Å². The first-order valence-electron chi connectivity index (χ1n) is 6.08. The predicted molar refractivity (Wildman–Crippen MR) is 81.7 cm³/mol. The van der Waals surface area contributed by atoms with Gasteiger partial charge < -0.3 is 10.6 Å². The molecule has 1 saturated heterocycles. The van der Waals surface area contributed by atoms with Crippen LogP contribution in [0.5, 0.6) is 0 Å². The lowest BCUT2D eigenvalue weighted by Gasteiger charge is -2.30. The van der Waals surface area contributed by atoms with Crippen LogP contribution in [0.25, 0.3) is 0 Å². The minimum Gasteiger partial charge on any atom is -0.348 e. The number of piperidine rings is 1. The van der Waals surface area contributed by atoms with Crippen molar-refractivity contribution in [3.63, 3.8) is 0 Å². The third-order valence-electron chi connectivity index (χ3n) is 3.27. The number of rotatable bonds is 2. The van der Waals surface area contributed by atoms with Gasteiger partial charge in [-0.3, -0.25) is 4.79 Å². The van der Waals surface area contributed by atoms with Crippen molar-refractivity contribution in [1.29, 1.82) is 0 Å². The van der Waals surface area contributed by atoms with Crippen LogP contribution >= 0.6 is 35.6 Å². The van der Waals surface area contributed by atoms with Gasteiger partial charge in [0.05, 0.1) is 15.6 Å². The lowest BCUT2D eigenvalue weighted by molar-refractivity contribution is 0.0920. The largest absolute Gasteiger partial charge is 0.348 e. The molecule has 2 N–H and O–H groups in total. The highest BCUT2D eigenvalue weighted by atomic mass is 35.5. The Kier molecular flexibility index (Phi) is 6.40. The quantitative estimate of drug-likeness (QED) is 0.877. The highest BCUT2D eigenvalue weighted by Gasteiger charge is 2.23. The molecule has 1 aliphatic heterocycles. The molecule has 1 aliphatic rings. The second-order valence-corrected chi connectivity index (χ2v) is 5.35. The Balaban J connectivity index is 0.00000180. The molecule has 19 heavy (non-hydrogen) atoms. The van der Waals surface area contributed by atoms with Gasteiger partial charge in [0.2, 0.25) is 0 Å². The lowest BCUT2D eigenvalue weighted by atomic mass is 9.99. The topological polar surface area (TPSA) is 41.1 Å². The van der Waals surface area contributed by atoms with E-state index in [-0.39, 0.29) is 30.4 Å². The number of halogens is 3. The fourth-order valence-electron chi connectivity index (χ4n) is 2.17. The number of hydrogen-bond acceptors (Lipinski definition) is 2. The summed E-state index contributed by atoms with van der Waals surface area (Å²) in [7, 11) is 0. The van der Waals surface area contributed by atoms with Gasteiger partial charge in [-0.1, -0.05) is 29.3 Å². The van der Waals surface area contributed by atoms with Gasteiger partial charge in [-0.05, 0) is 38.4 Å².